The molecule has 3 rings (SSSR count). The Morgan fingerprint density at radius 2 is 1.81 bits per heavy atom. The maximum absolute atomic E-state index is 12.2. The topological polar surface area (TPSA) is 56.5 Å². The highest BCUT2D eigenvalue weighted by atomic mass is 35.5. The lowest BCUT2D eigenvalue weighted by Crippen LogP contribution is -2.13. The van der Waals surface area contributed by atoms with Gasteiger partial charge in [0, 0.05) is 28.0 Å². The van der Waals surface area contributed by atoms with Crippen LogP contribution in [0, 0.1) is 0 Å². The van der Waals surface area contributed by atoms with Crippen LogP contribution in [0.1, 0.15) is 15.9 Å². The van der Waals surface area contributed by atoms with Gasteiger partial charge in [0.15, 0.2) is 0 Å². The van der Waals surface area contributed by atoms with Gasteiger partial charge in [-0.3, -0.25) is 0 Å². The Bertz CT molecular complexity index is 939. The highest BCUT2D eigenvalue weighted by Gasteiger charge is 2.13. The number of carbonyl (C=O) groups is 1. The second-order valence-corrected chi connectivity index (χ2v) is 6.56. The number of benzene rings is 2. The molecule has 132 valence electrons. The first-order valence-electron chi connectivity index (χ1n) is 7.48. The summed E-state index contributed by atoms with van der Waals surface area (Å²) < 4.78 is 1.78. The van der Waals surface area contributed by atoms with E-state index in [0.29, 0.717) is 38.5 Å². The minimum atomic E-state index is -0.602. The molecule has 0 saturated heterocycles. The fourth-order valence-electron chi connectivity index (χ4n) is 2.18. The van der Waals surface area contributed by atoms with E-state index in [1.54, 1.807) is 65.8 Å². The van der Waals surface area contributed by atoms with Crippen LogP contribution in [0.3, 0.4) is 0 Å². The normalized spacial score (nSPS) is 11.4. The zero-order valence-corrected chi connectivity index (χ0v) is 15.5. The first kappa shape index (κ1) is 18.5. The third-order valence-corrected chi connectivity index (χ3v) is 4.25. The quantitative estimate of drug-likeness (QED) is 0.335. The molecule has 1 heterocycles. The predicted octanol–water partition coefficient (Wildman–Crippen LogP) is 5.10. The molecule has 0 fully saturated rings. The van der Waals surface area contributed by atoms with Gasteiger partial charge in [0.1, 0.15) is 5.71 Å². The van der Waals surface area contributed by atoms with Crippen molar-refractivity contribution in [3.8, 4) is 0 Å². The van der Waals surface area contributed by atoms with Crippen LogP contribution in [-0.2, 0) is 11.4 Å². The van der Waals surface area contributed by atoms with Crippen LogP contribution in [0.4, 0.5) is 0 Å². The SMILES string of the molecule is O=C(O/N=C(\Cn1ccnc1)c1ccc(Cl)cc1Cl)c1ccc(Cl)cc1. The number of carbonyl (C=O) groups excluding carboxylic acids is 1. The summed E-state index contributed by atoms with van der Waals surface area (Å²) in [5.41, 5.74) is 1.39. The van der Waals surface area contributed by atoms with Gasteiger partial charge in [0.25, 0.3) is 0 Å². The van der Waals surface area contributed by atoms with Crippen LogP contribution in [0.25, 0.3) is 0 Å². The Morgan fingerprint density at radius 3 is 2.46 bits per heavy atom. The van der Waals surface area contributed by atoms with E-state index in [0.717, 1.165) is 0 Å². The summed E-state index contributed by atoms with van der Waals surface area (Å²) in [5.74, 6) is -0.602. The van der Waals surface area contributed by atoms with Gasteiger partial charge in [0.05, 0.1) is 23.5 Å². The first-order chi connectivity index (χ1) is 12.5. The summed E-state index contributed by atoms with van der Waals surface area (Å²) >= 11 is 18.0. The molecule has 5 nitrogen and oxygen atoms in total. The lowest BCUT2D eigenvalue weighted by Gasteiger charge is -2.09. The number of oxime groups is 1. The average molecular weight is 409 g/mol. The van der Waals surface area contributed by atoms with Crippen molar-refractivity contribution in [1.82, 2.24) is 9.55 Å². The molecule has 0 aliphatic carbocycles. The Kier molecular flexibility index (Phi) is 5.93. The van der Waals surface area contributed by atoms with E-state index in [2.05, 4.69) is 10.1 Å². The van der Waals surface area contributed by atoms with Crippen LogP contribution in [0.5, 0.6) is 0 Å². The molecule has 0 bridgehead atoms. The monoisotopic (exact) mass is 407 g/mol. The highest BCUT2D eigenvalue weighted by molar-refractivity contribution is 6.37. The number of halogens is 3. The number of nitrogens with zero attached hydrogens (tertiary/aromatic N) is 3. The van der Waals surface area contributed by atoms with Crippen molar-refractivity contribution < 1.29 is 9.63 Å². The van der Waals surface area contributed by atoms with Gasteiger partial charge in [0.2, 0.25) is 0 Å². The van der Waals surface area contributed by atoms with E-state index < -0.39 is 5.97 Å². The standard InChI is InChI=1S/C18H12Cl3N3O2/c19-13-3-1-12(2-4-13)18(25)26-23-17(10-24-8-7-22-11-24)15-6-5-14(20)9-16(15)21/h1-9,11H,10H2/b23-17+. The van der Waals surface area contributed by atoms with Gasteiger partial charge in [-0.25, -0.2) is 9.78 Å². The smallest absolute Gasteiger partial charge is 0.331 e. The molecule has 0 radical (unpaired) electrons. The second-order valence-electron chi connectivity index (χ2n) is 5.28. The zero-order valence-electron chi connectivity index (χ0n) is 13.3. The largest absolute Gasteiger partial charge is 0.365 e. The van der Waals surface area contributed by atoms with E-state index in [4.69, 9.17) is 39.6 Å². The zero-order chi connectivity index (χ0) is 18.5. The molecule has 0 amide bonds. The van der Waals surface area contributed by atoms with Crippen molar-refractivity contribution in [1.29, 1.82) is 0 Å². The molecule has 0 aliphatic rings. The van der Waals surface area contributed by atoms with Crippen molar-refractivity contribution in [2.45, 2.75) is 6.54 Å². The van der Waals surface area contributed by atoms with Crippen LogP contribution in [-0.4, -0.2) is 21.2 Å². The minimum Gasteiger partial charge on any atom is -0.331 e. The lowest BCUT2D eigenvalue weighted by atomic mass is 10.1. The Morgan fingerprint density at radius 1 is 1.08 bits per heavy atom. The van der Waals surface area contributed by atoms with Gasteiger partial charge in [-0.1, -0.05) is 40.0 Å². The summed E-state index contributed by atoms with van der Waals surface area (Å²) in [6, 6.07) is 11.3. The fourth-order valence-corrected chi connectivity index (χ4v) is 2.82. The molecule has 0 unspecified atom stereocenters. The molecule has 3 aromatic rings. The maximum atomic E-state index is 12.2. The average Bonchev–Trinajstić information content (AvgIpc) is 3.12. The summed E-state index contributed by atoms with van der Waals surface area (Å²) in [6.45, 7) is 0.315. The van der Waals surface area contributed by atoms with Crippen LogP contribution in [0.2, 0.25) is 15.1 Å². The molecule has 0 atom stereocenters. The van der Waals surface area contributed by atoms with E-state index in [1.165, 1.54) is 0 Å². The van der Waals surface area contributed by atoms with Crippen molar-refractivity contribution in [2.75, 3.05) is 0 Å². The molecule has 26 heavy (non-hydrogen) atoms. The first-order valence-corrected chi connectivity index (χ1v) is 8.61. The van der Waals surface area contributed by atoms with E-state index >= 15 is 0 Å². The van der Waals surface area contributed by atoms with Crippen LogP contribution >= 0.6 is 34.8 Å². The van der Waals surface area contributed by atoms with Gasteiger partial charge >= 0.3 is 5.97 Å². The molecule has 8 heteroatoms. The number of rotatable bonds is 5. The lowest BCUT2D eigenvalue weighted by molar-refractivity contribution is 0.0515. The predicted molar refractivity (Wildman–Crippen MR) is 102 cm³/mol. The molecular formula is C18H12Cl3N3O2. The number of hydrogen-bond acceptors (Lipinski definition) is 4. The fraction of sp³-hybridized carbons (Fsp3) is 0.0556. The Hall–Kier alpha value is -2.34. The number of hydrogen-bond donors (Lipinski definition) is 0. The summed E-state index contributed by atoms with van der Waals surface area (Å²) in [4.78, 5) is 21.3. The van der Waals surface area contributed by atoms with Crippen molar-refractivity contribution >= 4 is 46.5 Å². The second kappa shape index (κ2) is 8.36. The molecule has 2 aromatic carbocycles. The van der Waals surface area contributed by atoms with Crippen LogP contribution in [0.15, 0.2) is 66.3 Å². The molecule has 1 aromatic heterocycles. The van der Waals surface area contributed by atoms with E-state index in [9.17, 15) is 4.79 Å². The number of imidazole rings is 1. The van der Waals surface area contributed by atoms with Crippen molar-refractivity contribution in [2.24, 2.45) is 5.16 Å². The summed E-state index contributed by atoms with van der Waals surface area (Å²) in [7, 11) is 0. The summed E-state index contributed by atoms with van der Waals surface area (Å²) in [5, 5.41) is 5.44. The van der Waals surface area contributed by atoms with Gasteiger partial charge in [-0.2, -0.15) is 0 Å². The van der Waals surface area contributed by atoms with Gasteiger partial charge in [-0.15, -0.1) is 0 Å². The van der Waals surface area contributed by atoms with Gasteiger partial charge < -0.3 is 9.40 Å². The molecule has 0 N–H and O–H groups in total. The van der Waals surface area contributed by atoms with Crippen molar-refractivity contribution in [3.05, 3.63) is 87.4 Å². The third-order valence-electron chi connectivity index (χ3n) is 3.45. The minimum absolute atomic E-state index is 0.315. The Balaban J connectivity index is 1.88. The number of aromatic nitrogens is 2. The molecule has 0 saturated carbocycles. The molecular weight excluding hydrogens is 397 g/mol. The molecule has 0 spiro atoms. The highest BCUT2D eigenvalue weighted by Crippen LogP contribution is 2.22. The molecule has 0 aliphatic heterocycles. The van der Waals surface area contributed by atoms with Gasteiger partial charge in [-0.05, 0) is 42.5 Å². The maximum Gasteiger partial charge on any atom is 0.365 e. The van der Waals surface area contributed by atoms with E-state index in [1.807, 2.05) is 0 Å². The van der Waals surface area contributed by atoms with E-state index in [-0.39, 0.29) is 0 Å². The summed E-state index contributed by atoms with van der Waals surface area (Å²) in [6.07, 6.45) is 5.03. The van der Waals surface area contributed by atoms with Crippen molar-refractivity contribution in [3.63, 3.8) is 0 Å². The third kappa shape index (κ3) is 4.64. The van der Waals surface area contributed by atoms with Crippen LogP contribution < -0.4 is 0 Å². The Labute approximate surface area is 164 Å².